The molecule has 1 atom stereocenters. The fourth-order valence-corrected chi connectivity index (χ4v) is 0.997. The van der Waals surface area contributed by atoms with Crippen molar-refractivity contribution in [2.24, 2.45) is 0 Å². The lowest BCUT2D eigenvalue weighted by Gasteiger charge is -2.17. The van der Waals surface area contributed by atoms with Crippen molar-refractivity contribution in [3.63, 3.8) is 0 Å². The first kappa shape index (κ1) is 6.99. The maximum absolute atomic E-state index is 10.7. The zero-order chi connectivity index (χ0) is 7.56. The zero-order valence-corrected chi connectivity index (χ0v) is 5.78. The standard InChI is InChI=1S/C7H9NO2/c1-6(10)8-4-2-3-7(8)5-9/h2-3,5,7H,4H2,1H3. The lowest BCUT2D eigenvalue weighted by Crippen LogP contribution is -2.34. The molecule has 54 valence electrons. The van der Waals surface area contributed by atoms with Gasteiger partial charge >= 0.3 is 0 Å². The van der Waals surface area contributed by atoms with Crippen LogP contribution in [0.2, 0.25) is 0 Å². The van der Waals surface area contributed by atoms with E-state index in [-0.39, 0.29) is 11.9 Å². The fourth-order valence-electron chi connectivity index (χ4n) is 0.997. The van der Waals surface area contributed by atoms with Gasteiger partial charge in [-0.3, -0.25) is 4.79 Å². The molecule has 10 heavy (non-hydrogen) atoms. The summed E-state index contributed by atoms with van der Waals surface area (Å²) in [7, 11) is 0. The molecule has 0 fully saturated rings. The Labute approximate surface area is 59.3 Å². The van der Waals surface area contributed by atoms with E-state index in [9.17, 15) is 9.59 Å². The molecule has 1 rings (SSSR count). The molecule has 1 amide bonds. The van der Waals surface area contributed by atoms with Gasteiger partial charge in [-0.25, -0.2) is 0 Å². The quantitative estimate of drug-likeness (QED) is 0.378. The van der Waals surface area contributed by atoms with E-state index >= 15 is 0 Å². The van der Waals surface area contributed by atoms with Crippen LogP contribution in [0.3, 0.4) is 0 Å². The van der Waals surface area contributed by atoms with Crippen molar-refractivity contribution in [1.82, 2.24) is 4.90 Å². The number of carbonyl (C=O) groups is 2. The molecule has 1 unspecified atom stereocenters. The second-order valence-electron chi connectivity index (χ2n) is 2.23. The summed E-state index contributed by atoms with van der Waals surface area (Å²) in [6.07, 6.45) is 4.32. The predicted molar refractivity (Wildman–Crippen MR) is 36.4 cm³/mol. The molecule has 1 aliphatic rings. The molecule has 0 spiro atoms. The summed E-state index contributed by atoms with van der Waals surface area (Å²) in [6, 6.07) is -0.322. The van der Waals surface area contributed by atoms with Crippen LogP contribution >= 0.6 is 0 Å². The highest BCUT2D eigenvalue weighted by molar-refractivity contribution is 5.79. The Morgan fingerprint density at radius 3 is 2.90 bits per heavy atom. The van der Waals surface area contributed by atoms with Gasteiger partial charge in [0.2, 0.25) is 5.91 Å². The predicted octanol–water partition coefficient (Wildman–Crippen LogP) is -0.0278. The van der Waals surface area contributed by atoms with Crippen LogP contribution in [-0.4, -0.2) is 29.7 Å². The number of amides is 1. The van der Waals surface area contributed by atoms with Gasteiger partial charge in [-0.15, -0.1) is 0 Å². The lowest BCUT2D eigenvalue weighted by molar-refractivity contribution is -0.131. The molecule has 0 radical (unpaired) electrons. The Bertz CT molecular complexity index is 186. The minimum Gasteiger partial charge on any atom is -0.326 e. The van der Waals surface area contributed by atoms with E-state index in [1.807, 2.05) is 6.08 Å². The van der Waals surface area contributed by atoms with Gasteiger partial charge in [-0.1, -0.05) is 12.2 Å². The van der Waals surface area contributed by atoms with E-state index < -0.39 is 0 Å². The number of nitrogens with zero attached hydrogens (tertiary/aromatic N) is 1. The highest BCUT2D eigenvalue weighted by Crippen LogP contribution is 2.06. The van der Waals surface area contributed by atoms with Gasteiger partial charge in [0, 0.05) is 13.5 Å². The molecular weight excluding hydrogens is 130 g/mol. The van der Waals surface area contributed by atoms with E-state index in [0.717, 1.165) is 6.29 Å². The van der Waals surface area contributed by atoms with Crippen LogP contribution in [0.5, 0.6) is 0 Å². The number of rotatable bonds is 1. The first-order valence-corrected chi connectivity index (χ1v) is 3.15. The van der Waals surface area contributed by atoms with E-state index in [1.165, 1.54) is 11.8 Å². The average Bonchev–Trinajstić information content (AvgIpc) is 2.33. The largest absolute Gasteiger partial charge is 0.326 e. The van der Waals surface area contributed by atoms with E-state index in [0.29, 0.717) is 6.54 Å². The highest BCUT2D eigenvalue weighted by Gasteiger charge is 2.20. The van der Waals surface area contributed by atoms with Gasteiger partial charge in [0.05, 0.1) is 0 Å². The van der Waals surface area contributed by atoms with Crippen molar-refractivity contribution in [3.05, 3.63) is 12.2 Å². The summed E-state index contributed by atoms with van der Waals surface area (Å²) in [6.45, 7) is 2.03. The molecule has 0 bridgehead atoms. The smallest absolute Gasteiger partial charge is 0.220 e. The van der Waals surface area contributed by atoms with Gasteiger partial charge in [0.25, 0.3) is 0 Å². The lowest BCUT2D eigenvalue weighted by atomic mass is 10.3. The first-order chi connectivity index (χ1) is 4.75. The van der Waals surface area contributed by atoms with Gasteiger partial charge in [-0.2, -0.15) is 0 Å². The third-order valence-corrected chi connectivity index (χ3v) is 1.54. The molecule has 0 saturated heterocycles. The van der Waals surface area contributed by atoms with Crippen LogP contribution in [0.15, 0.2) is 12.2 Å². The van der Waals surface area contributed by atoms with Crippen LogP contribution in [0.1, 0.15) is 6.92 Å². The van der Waals surface area contributed by atoms with E-state index in [1.54, 1.807) is 6.08 Å². The fraction of sp³-hybridized carbons (Fsp3) is 0.429. The molecule has 0 aromatic heterocycles. The van der Waals surface area contributed by atoms with Crippen molar-refractivity contribution in [2.75, 3.05) is 6.54 Å². The Balaban J connectivity index is 2.64. The summed E-state index contributed by atoms with van der Waals surface area (Å²) < 4.78 is 0. The van der Waals surface area contributed by atoms with Crippen LogP contribution in [0.25, 0.3) is 0 Å². The highest BCUT2D eigenvalue weighted by atomic mass is 16.2. The molecule has 1 aliphatic heterocycles. The molecule has 0 aromatic rings. The Kier molecular flexibility index (Phi) is 1.85. The zero-order valence-electron chi connectivity index (χ0n) is 5.78. The van der Waals surface area contributed by atoms with Gasteiger partial charge in [-0.05, 0) is 0 Å². The Morgan fingerprint density at radius 2 is 2.50 bits per heavy atom. The van der Waals surface area contributed by atoms with Crippen molar-refractivity contribution in [3.8, 4) is 0 Å². The molecule has 3 heteroatoms. The minimum absolute atomic E-state index is 0.0536. The topological polar surface area (TPSA) is 37.4 Å². The van der Waals surface area contributed by atoms with Crippen molar-refractivity contribution >= 4 is 12.2 Å². The van der Waals surface area contributed by atoms with Crippen LogP contribution < -0.4 is 0 Å². The molecule has 1 heterocycles. The van der Waals surface area contributed by atoms with Crippen molar-refractivity contribution in [2.45, 2.75) is 13.0 Å². The maximum Gasteiger partial charge on any atom is 0.220 e. The summed E-state index contributed by atoms with van der Waals surface area (Å²) in [5, 5.41) is 0. The van der Waals surface area contributed by atoms with Crippen LogP contribution in [0, 0.1) is 0 Å². The number of carbonyl (C=O) groups excluding carboxylic acids is 2. The molecule has 0 N–H and O–H groups in total. The van der Waals surface area contributed by atoms with E-state index in [2.05, 4.69) is 0 Å². The van der Waals surface area contributed by atoms with Crippen molar-refractivity contribution in [1.29, 1.82) is 0 Å². The van der Waals surface area contributed by atoms with E-state index in [4.69, 9.17) is 0 Å². The van der Waals surface area contributed by atoms with Gasteiger partial charge < -0.3 is 9.69 Å². The molecular formula is C7H9NO2. The first-order valence-electron chi connectivity index (χ1n) is 3.15. The maximum atomic E-state index is 10.7. The van der Waals surface area contributed by atoms with Crippen molar-refractivity contribution < 1.29 is 9.59 Å². The monoisotopic (exact) mass is 139 g/mol. The second-order valence-corrected chi connectivity index (χ2v) is 2.23. The normalized spacial score (nSPS) is 23.3. The summed E-state index contributed by atoms with van der Waals surface area (Å²) in [5.41, 5.74) is 0. The number of hydrogen-bond acceptors (Lipinski definition) is 2. The Morgan fingerprint density at radius 1 is 1.80 bits per heavy atom. The molecule has 3 nitrogen and oxygen atoms in total. The number of hydrogen-bond donors (Lipinski definition) is 0. The summed E-state index contributed by atoms with van der Waals surface area (Å²) >= 11 is 0. The third kappa shape index (κ3) is 1.07. The summed E-state index contributed by atoms with van der Waals surface area (Å²) in [5.74, 6) is -0.0536. The third-order valence-electron chi connectivity index (χ3n) is 1.54. The molecule has 0 aliphatic carbocycles. The SMILES string of the molecule is CC(=O)N1CC=CC1C=O. The minimum atomic E-state index is -0.322. The average molecular weight is 139 g/mol. The molecule has 0 aromatic carbocycles. The number of aldehydes is 1. The molecule has 0 saturated carbocycles. The van der Waals surface area contributed by atoms with Gasteiger partial charge in [0.1, 0.15) is 12.3 Å². The van der Waals surface area contributed by atoms with Crippen LogP contribution in [-0.2, 0) is 9.59 Å². The Hall–Kier alpha value is -1.12. The van der Waals surface area contributed by atoms with Gasteiger partial charge in [0.15, 0.2) is 0 Å². The summed E-state index contributed by atoms with van der Waals surface area (Å²) in [4.78, 5) is 22.5. The second kappa shape index (κ2) is 2.64. The van der Waals surface area contributed by atoms with Crippen LogP contribution in [0.4, 0.5) is 0 Å².